The van der Waals surface area contributed by atoms with Gasteiger partial charge in [0.15, 0.2) is 4.34 Å². The summed E-state index contributed by atoms with van der Waals surface area (Å²) in [6.45, 7) is 3.97. The quantitative estimate of drug-likeness (QED) is 0.295. The molecule has 11 heteroatoms. The third-order valence-corrected chi connectivity index (χ3v) is 6.61. The lowest BCUT2D eigenvalue weighted by atomic mass is 10.2. The number of benzene rings is 1. The van der Waals surface area contributed by atoms with E-state index in [9.17, 15) is 14.4 Å². The summed E-state index contributed by atoms with van der Waals surface area (Å²) in [5.41, 5.74) is 2.02. The number of esters is 1. The highest BCUT2D eigenvalue weighted by molar-refractivity contribution is 8.01. The molecule has 0 unspecified atom stereocenters. The number of ether oxygens (including phenoxy) is 1. The number of carbonyl (C=O) groups excluding carboxylic acids is 3. The zero-order chi connectivity index (χ0) is 21.5. The van der Waals surface area contributed by atoms with Crippen molar-refractivity contribution in [2.75, 3.05) is 23.0 Å². The number of thiophene rings is 1. The number of amides is 2. The van der Waals surface area contributed by atoms with Crippen molar-refractivity contribution in [2.45, 2.75) is 18.2 Å². The van der Waals surface area contributed by atoms with Crippen LogP contribution in [0.25, 0.3) is 0 Å². The van der Waals surface area contributed by atoms with Gasteiger partial charge in [-0.1, -0.05) is 23.1 Å². The highest BCUT2D eigenvalue weighted by atomic mass is 32.2. The van der Waals surface area contributed by atoms with Gasteiger partial charge in [-0.2, -0.15) is 0 Å². The molecule has 0 radical (unpaired) electrons. The number of aromatic nitrogens is 2. The molecule has 2 amide bonds. The Hall–Kier alpha value is -2.76. The molecule has 2 N–H and O–H groups in total. The standard InChI is InChI=1S/C19H18N4O4S3/c1-3-27-17(26)12-4-6-13(7-5-12)20-15(24)10-29-19-23-22-18(30-19)21-16(25)14-8-11(2)9-28-14/h4-9H,3,10H2,1-2H3,(H,20,24)(H,21,22,25). The SMILES string of the molecule is CCOC(=O)c1ccc(NC(=O)CSc2nnc(NC(=O)c3cc(C)cs3)s2)cc1. The molecule has 0 atom stereocenters. The van der Waals surface area contributed by atoms with E-state index >= 15 is 0 Å². The number of hydrogen-bond donors (Lipinski definition) is 2. The van der Waals surface area contributed by atoms with Gasteiger partial charge >= 0.3 is 5.97 Å². The summed E-state index contributed by atoms with van der Waals surface area (Å²) in [6, 6.07) is 8.27. The first-order valence-electron chi connectivity index (χ1n) is 8.84. The van der Waals surface area contributed by atoms with Crippen molar-refractivity contribution in [3.05, 3.63) is 51.7 Å². The van der Waals surface area contributed by atoms with Crippen molar-refractivity contribution < 1.29 is 19.1 Å². The Kier molecular flexibility index (Phi) is 7.55. The van der Waals surface area contributed by atoms with E-state index in [1.807, 2.05) is 12.3 Å². The predicted octanol–water partition coefficient (Wildman–Crippen LogP) is 4.07. The maximum absolute atomic E-state index is 12.1. The van der Waals surface area contributed by atoms with E-state index in [4.69, 9.17) is 4.74 Å². The van der Waals surface area contributed by atoms with Crippen molar-refractivity contribution in [1.82, 2.24) is 10.2 Å². The fraction of sp³-hybridized carbons (Fsp3) is 0.211. The fourth-order valence-corrected chi connectivity index (χ4v) is 4.60. The van der Waals surface area contributed by atoms with Gasteiger partial charge in [-0.05, 0) is 55.1 Å². The van der Waals surface area contributed by atoms with Gasteiger partial charge in [-0.3, -0.25) is 14.9 Å². The van der Waals surface area contributed by atoms with E-state index in [1.54, 1.807) is 37.3 Å². The highest BCUT2D eigenvalue weighted by Gasteiger charge is 2.13. The number of anilines is 2. The van der Waals surface area contributed by atoms with Crippen molar-refractivity contribution in [1.29, 1.82) is 0 Å². The maximum Gasteiger partial charge on any atom is 0.338 e. The number of nitrogens with one attached hydrogen (secondary N) is 2. The molecule has 0 aliphatic heterocycles. The smallest absolute Gasteiger partial charge is 0.338 e. The second-order valence-electron chi connectivity index (χ2n) is 5.95. The molecule has 2 aromatic heterocycles. The van der Waals surface area contributed by atoms with Crippen molar-refractivity contribution in [2.24, 2.45) is 0 Å². The summed E-state index contributed by atoms with van der Waals surface area (Å²) < 4.78 is 5.49. The molecule has 3 rings (SSSR count). The molecule has 30 heavy (non-hydrogen) atoms. The molecular weight excluding hydrogens is 444 g/mol. The Morgan fingerprint density at radius 3 is 2.57 bits per heavy atom. The van der Waals surface area contributed by atoms with Gasteiger partial charge < -0.3 is 10.1 Å². The van der Waals surface area contributed by atoms with E-state index in [2.05, 4.69) is 20.8 Å². The van der Waals surface area contributed by atoms with Crippen molar-refractivity contribution >= 4 is 63.0 Å². The van der Waals surface area contributed by atoms with E-state index in [1.165, 1.54) is 34.4 Å². The number of rotatable bonds is 8. The minimum atomic E-state index is -0.403. The third kappa shape index (κ3) is 6.12. The zero-order valence-electron chi connectivity index (χ0n) is 16.1. The largest absolute Gasteiger partial charge is 0.462 e. The van der Waals surface area contributed by atoms with Crippen LogP contribution in [-0.2, 0) is 9.53 Å². The number of hydrogen-bond acceptors (Lipinski definition) is 9. The molecule has 0 aliphatic rings. The summed E-state index contributed by atoms with van der Waals surface area (Å²) in [7, 11) is 0. The Bertz CT molecular complexity index is 1050. The van der Waals surface area contributed by atoms with Gasteiger partial charge in [0.05, 0.1) is 22.8 Å². The average molecular weight is 463 g/mol. The van der Waals surface area contributed by atoms with Crippen LogP contribution in [-0.4, -0.2) is 40.3 Å². The van der Waals surface area contributed by atoms with Crippen LogP contribution in [0.5, 0.6) is 0 Å². The summed E-state index contributed by atoms with van der Waals surface area (Å²) in [5.74, 6) is -0.727. The number of nitrogens with zero attached hydrogens (tertiary/aromatic N) is 2. The monoisotopic (exact) mass is 462 g/mol. The lowest BCUT2D eigenvalue weighted by Crippen LogP contribution is -2.14. The molecule has 156 valence electrons. The molecule has 1 aromatic carbocycles. The topological polar surface area (TPSA) is 110 Å². The Labute approximate surface area is 185 Å². The molecule has 0 saturated carbocycles. The fourth-order valence-electron chi connectivity index (χ4n) is 2.26. The molecule has 3 aromatic rings. The maximum atomic E-state index is 12.1. The van der Waals surface area contributed by atoms with Crippen LogP contribution in [0, 0.1) is 6.92 Å². The van der Waals surface area contributed by atoms with E-state index in [0.717, 1.165) is 5.56 Å². The van der Waals surface area contributed by atoms with Gasteiger partial charge in [0.1, 0.15) is 0 Å². The minimum absolute atomic E-state index is 0.131. The lowest BCUT2D eigenvalue weighted by Gasteiger charge is -2.05. The Morgan fingerprint density at radius 1 is 1.13 bits per heavy atom. The summed E-state index contributed by atoms with van der Waals surface area (Å²) in [5, 5.41) is 15.7. The van der Waals surface area contributed by atoms with Crippen molar-refractivity contribution in [3.63, 3.8) is 0 Å². The molecule has 0 saturated heterocycles. The van der Waals surface area contributed by atoms with Crippen molar-refractivity contribution in [3.8, 4) is 0 Å². The van der Waals surface area contributed by atoms with Crippen LogP contribution in [0.15, 0.2) is 40.1 Å². The van der Waals surface area contributed by atoms with Gasteiger partial charge in [-0.15, -0.1) is 21.5 Å². The molecule has 8 nitrogen and oxygen atoms in total. The third-order valence-electron chi connectivity index (χ3n) is 3.59. The van der Waals surface area contributed by atoms with Crippen LogP contribution < -0.4 is 10.6 Å². The predicted molar refractivity (Wildman–Crippen MR) is 119 cm³/mol. The molecule has 0 spiro atoms. The summed E-state index contributed by atoms with van der Waals surface area (Å²) in [4.78, 5) is 36.5. The second-order valence-corrected chi connectivity index (χ2v) is 9.06. The minimum Gasteiger partial charge on any atom is -0.462 e. The Balaban J connectivity index is 1.47. The Morgan fingerprint density at radius 2 is 1.90 bits per heavy atom. The van der Waals surface area contributed by atoms with Gasteiger partial charge in [0.2, 0.25) is 11.0 Å². The summed E-state index contributed by atoms with van der Waals surface area (Å²) in [6.07, 6.45) is 0. The van der Waals surface area contributed by atoms with Gasteiger partial charge in [0.25, 0.3) is 5.91 Å². The van der Waals surface area contributed by atoms with Crippen LogP contribution in [0.1, 0.15) is 32.5 Å². The summed E-state index contributed by atoms with van der Waals surface area (Å²) >= 11 is 3.79. The lowest BCUT2D eigenvalue weighted by molar-refractivity contribution is -0.113. The first kappa shape index (κ1) is 21.9. The molecule has 0 aliphatic carbocycles. The van der Waals surface area contributed by atoms with Gasteiger partial charge in [0, 0.05) is 5.69 Å². The average Bonchev–Trinajstić information content (AvgIpc) is 3.36. The van der Waals surface area contributed by atoms with Crippen LogP contribution >= 0.6 is 34.4 Å². The molecule has 2 heterocycles. The zero-order valence-corrected chi connectivity index (χ0v) is 18.6. The van der Waals surface area contributed by atoms with Gasteiger partial charge in [-0.25, -0.2) is 4.79 Å². The highest BCUT2D eigenvalue weighted by Crippen LogP contribution is 2.26. The first-order chi connectivity index (χ1) is 14.4. The molecular formula is C19H18N4O4S3. The number of aryl methyl sites for hydroxylation is 1. The number of carbonyl (C=O) groups is 3. The number of thioether (sulfide) groups is 1. The molecule has 0 bridgehead atoms. The molecule has 0 fully saturated rings. The van der Waals surface area contributed by atoms with Crippen LogP contribution in [0.4, 0.5) is 10.8 Å². The van der Waals surface area contributed by atoms with Crippen LogP contribution in [0.2, 0.25) is 0 Å². The van der Waals surface area contributed by atoms with E-state index in [-0.39, 0.29) is 17.6 Å². The first-order valence-corrected chi connectivity index (χ1v) is 11.5. The van der Waals surface area contributed by atoms with E-state index in [0.29, 0.717) is 32.2 Å². The normalized spacial score (nSPS) is 10.5. The van der Waals surface area contributed by atoms with E-state index < -0.39 is 5.97 Å². The van der Waals surface area contributed by atoms with Crippen LogP contribution in [0.3, 0.4) is 0 Å². The second kappa shape index (κ2) is 10.3.